The molecule has 1 saturated heterocycles. The van der Waals surface area contributed by atoms with Gasteiger partial charge in [0.15, 0.2) is 0 Å². The topological polar surface area (TPSA) is 69.7 Å². The lowest BCUT2D eigenvalue weighted by Gasteiger charge is -2.35. The molecule has 0 aromatic heterocycles. The Balaban J connectivity index is 1.91. The Morgan fingerprint density at radius 2 is 2.05 bits per heavy atom. The summed E-state index contributed by atoms with van der Waals surface area (Å²) in [7, 11) is 0. The third kappa shape index (κ3) is 3.76. The summed E-state index contributed by atoms with van der Waals surface area (Å²) in [5.74, 6) is 0.359. The van der Waals surface area contributed by atoms with Crippen LogP contribution in [-0.4, -0.2) is 40.9 Å². The zero-order chi connectivity index (χ0) is 13.8. The van der Waals surface area contributed by atoms with Gasteiger partial charge < -0.3 is 15.9 Å². The van der Waals surface area contributed by atoms with Crippen molar-refractivity contribution in [1.82, 2.24) is 4.90 Å². The SMILES string of the molecule is CC1CCN(CC(O)c2ccc(CN)cc2)CC1O. The average Bonchev–Trinajstić information content (AvgIpc) is 2.43. The number of nitrogens with two attached hydrogens (primary N) is 1. The maximum absolute atomic E-state index is 10.2. The number of hydrogen-bond donors (Lipinski definition) is 3. The van der Waals surface area contributed by atoms with Crippen LogP contribution in [0.2, 0.25) is 0 Å². The molecule has 19 heavy (non-hydrogen) atoms. The van der Waals surface area contributed by atoms with Gasteiger partial charge in [-0.15, -0.1) is 0 Å². The van der Waals surface area contributed by atoms with Crippen molar-refractivity contribution in [2.24, 2.45) is 11.7 Å². The standard InChI is InChI=1S/C15H24N2O2/c1-11-6-7-17(9-14(11)18)10-15(19)13-4-2-12(8-16)3-5-13/h2-5,11,14-15,18-19H,6-10,16H2,1H3. The van der Waals surface area contributed by atoms with Crippen molar-refractivity contribution < 1.29 is 10.2 Å². The molecule has 1 heterocycles. The summed E-state index contributed by atoms with van der Waals surface area (Å²) in [5.41, 5.74) is 7.53. The molecule has 0 saturated carbocycles. The lowest BCUT2D eigenvalue weighted by Crippen LogP contribution is -2.44. The molecule has 0 radical (unpaired) electrons. The molecule has 106 valence electrons. The van der Waals surface area contributed by atoms with Gasteiger partial charge in [0.05, 0.1) is 12.2 Å². The van der Waals surface area contributed by atoms with E-state index in [0.717, 1.165) is 24.1 Å². The fraction of sp³-hybridized carbons (Fsp3) is 0.600. The van der Waals surface area contributed by atoms with Gasteiger partial charge in [0.25, 0.3) is 0 Å². The zero-order valence-electron chi connectivity index (χ0n) is 11.5. The summed E-state index contributed by atoms with van der Waals surface area (Å²) in [4.78, 5) is 2.13. The van der Waals surface area contributed by atoms with Crippen molar-refractivity contribution in [2.75, 3.05) is 19.6 Å². The lowest BCUT2D eigenvalue weighted by atomic mass is 9.95. The Kier molecular flexibility index (Phi) is 4.93. The van der Waals surface area contributed by atoms with E-state index >= 15 is 0 Å². The maximum Gasteiger partial charge on any atom is 0.0916 e. The van der Waals surface area contributed by atoms with E-state index < -0.39 is 6.10 Å². The smallest absolute Gasteiger partial charge is 0.0916 e. The van der Waals surface area contributed by atoms with E-state index in [4.69, 9.17) is 5.73 Å². The normalized spacial score (nSPS) is 26.3. The second-order valence-corrected chi connectivity index (χ2v) is 5.55. The molecule has 4 N–H and O–H groups in total. The Hall–Kier alpha value is -0.940. The van der Waals surface area contributed by atoms with E-state index in [-0.39, 0.29) is 6.10 Å². The number of hydrogen-bond acceptors (Lipinski definition) is 4. The molecule has 1 aromatic rings. The predicted octanol–water partition coefficient (Wildman–Crippen LogP) is 0.881. The molecule has 0 bridgehead atoms. The van der Waals surface area contributed by atoms with Crippen LogP contribution in [-0.2, 0) is 6.54 Å². The molecule has 3 atom stereocenters. The van der Waals surface area contributed by atoms with Crippen molar-refractivity contribution in [3.05, 3.63) is 35.4 Å². The molecular weight excluding hydrogens is 240 g/mol. The van der Waals surface area contributed by atoms with Gasteiger partial charge in [0, 0.05) is 19.6 Å². The Bertz CT molecular complexity index is 394. The van der Waals surface area contributed by atoms with Crippen LogP contribution in [0, 0.1) is 5.92 Å². The van der Waals surface area contributed by atoms with Gasteiger partial charge in [-0.1, -0.05) is 31.2 Å². The zero-order valence-corrected chi connectivity index (χ0v) is 11.5. The minimum atomic E-state index is -0.507. The summed E-state index contributed by atoms with van der Waals surface area (Å²) in [5, 5.41) is 20.1. The number of benzene rings is 1. The second kappa shape index (κ2) is 6.48. The molecular formula is C15H24N2O2. The molecule has 0 spiro atoms. The molecule has 1 fully saturated rings. The van der Waals surface area contributed by atoms with Gasteiger partial charge in [0.1, 0.15) is 0 Å². The highest BCUT2D eigenvalue weighted by Crippen LogP contribution is 2.21. The molecule has 0 amide bonds. The predicted molar refractivity (Wildman–Crippen MR) is 75.5 cm³/mol. The molecule has 2 rings (SSSR count). The Morgan fingerprint density at radius 1 is 1.37 bits per heavy atom. The van der Waals surface area contributed by atoms with Crippen molar-refractivity contribution in [1.29, 1.82) is 0 Å². The fourth-order valence-electron chi connectivity index (χ4n) is 2.51. The number of nitrogens with zero attached hydrogens (tertiary/aromatic N) is 1. The minimum Gasteiger partial charge on any atom is -0.392 e. The Morgan fingerprint density at radius 3 is 2.63 bits per heavy atom. The van der Waals surface area contributed by atoms with Crippen LogP contribution in [0.4, 0.5) is 0 Å². The highest BCUT2D eigenvalue weighted by atomic mass is 16.3. The first-order valence-electron chi connectivity index (χ1n) is 6.97. The lowest BCUT2D eigenvalue weighted by molar-refractivity contribution is 0.00859. The van der Waals surface area contributed by atoms with Crippen molar-refractivity contribution in [3.63, 3.8) is 0 Å². The summed E-state index contributed by atoms with van der Waals surface area (Å²) in [6.07, 6.45) is 0.202. The summed E-state index contributed by atoms with van der Waals surface area (Å²) in [6, 6.07) is 7.75. The van der Waals surface area contributed by atoms with Gasteiger partial charge in [-0.2, -0.15) is 0 Å². The number of β-amino-alcohol motifs (C(OH)–C–C–N with tert-alkyl or cyclic N) is 2. The maximum atomic E-state index is 10.2. The van der Waals surface area contributed by atoms with E-state index in [1.54, 1.807) is 0 Å². The largest absolute Gasteiger partial charge is 0.392 e. The first kappa shape index (κ1) is 14.5. The third-order valence-corrected chi connectivity index (χ3v) is 4.03. The van der Waals surface area contributed by atoms with Crippen LogP contribution in [0.15, 0.2) is 24.3 Å². The van der Waals surface area contributed by atoms with Crippen molar-refractivity contribution >= 4 is 0 Å². The average molecular weight is 264 g/mol. The monoisotopic (exact) mass is 264 g/mol. The molecule has 3 unspecified atom stereocenters. The van der Waals surface area contributed by atoms with Crippen molar-refractivity contribution in [2.45, 2.75) is 32.1 Å². The highest BCUT2D eigenvalue weighted by molar-refractivity contribution is 5.24. The van der Waals surface area contributed by atoms with Crippen LogP contribution >= 0.6 is 0 Å². The van der Waals surface area contributed by atoms with E-state index in [9.17, 15) is 10.2 Å². The van der Waals surface area contributed by atoms with E-state index in [0.29, 0.717) is 25.6 Å². The van der Waals surface area contributed by atoms with Gasteiger partial charge in [0.2, 0.25) is 0 Å². The van der Waals surface area contributed by atoms with Crippen LogP contribution in [0.25, 0.3) is 0 Å². The van der Waals surface area contributed by atoms with Gasteiger partial charge >= 0.3 is 0 Å². The highest BCUT2D eigenvalue weighted by Gasteiger charge is 2.25. The Labute approximate surface area is 114 Å². The number of aliphatic hydroxyl groups excluding tert-OH is 2. The van der Waals surface area contributed by atoms with Crippen LogP contribution < -0.4 is 5.73 Å². The molecule has 1 aliphatic heterocycles. The molecule has 4 nitrogen and oxygen atoms in total. The molecule has 1 aliphatic rings. The van der Waals surface area contributed by atoms with Crippen LogP contribution in [0.5, 0.6) is 0 Å². The number of rotatable bonds is 4. The third-order valence-electron chi connectivity index (χ3n) is 4.03. The van der Waals surface area contributed by atoms with Crippen LogP contribution in [0.1, 0.15) is 30.6 Å². The van der Waals surface area contributed by atoms with Gasteiger partial charge in [-0.25, -0.2) is 0 Å². The summed E-state index contributed by atoms with van der Waals surface area (Å²) in [6.45, 7) is 4.76. The van der Waals surface area contributed by atoms with Gasteiger partial charge in [-0.3, -0.25) is 4.90 Å². The number of likely N-dealkylation sites (tertiary alicyclic amines) is 1. The molecule has 0 aliphatic carbocycles. The molecule has 4 heteroatoms. The second-order valence-electron chi connectivity index (χ2n) is 5.55. The summed E-state index contributed by atoms with van der Waals surface area (Å²) < 4.78 is 0. The van der Waals surface area contributed by atoms with E-state index in [1.165, 1.54) is 0 Å². The first-order chi connectivity index (χ1) is 9.10. The van der Waals surface area contributed by atoms with Gasteiger partial charge in [-0.05, 0) is 30.0 Å². The number of aliphatic hydroxyl groups is 2. The summed E-state index contributed by atoms with van der Waals surface area (Å²) >= 11 is 0. The van der Waals surface area contributed by atoms with Crippen LogP contribution in [0.3, 0.4) is 0 Å². The quantitative estimate of drug-likeness (QED) is 0.755. The molecule has 1 aromatic carbocycles. The first-order valence-corrected chi connectivity index (χ1v) is 6.97. The fourth-order valence-corrected chi connectivity index (χ4v) is 2.51. The van der Waals surface area contributed by atoms with E-state index in [2.05, 4.69) is 11.8 Å². The number of piperidine rings is 1. The van der Waals surface area contributed by atoms with Crippen molar-refractivity contribution in [3.8, 4) is 0 Å². The minimum absolute atomic E-state index is 0.277. The van der Waals surface area contributed by atoms with E-state index in [1.807, 2.05) is 24.3 Å².